The van der Waals surface area contributed by atoms with Crippen LogP contribution in [0.3, 0.4) is 0 Å². The molecular weight excluding hydrogens is 355 g/mol. The Hall–Kier alpha value is -0.600. The normalized spacial score (nSPS) is 24.2. The molecule has 2 aliphatic rings. The molecule has 2 heterocycles. The van der Waals surface area contributed by atoms with Crippen LogP contribution in [-0.2, 0) is 14.3 Å². The number of nitrogens with zero attached hydrogens (tertiary/aromatic N) is 2. The van der Waals surface area contributed by atoms with Crippen LogP contribution in [0.4, 0.5) is 0 Å². The van der Waals surface area contributed by atoms with Gasteiger partial charge in [-0.05, 0) is 26.7 Å². The Bertz CT molecular complexity index is 404. The summed E-state index contributed by atoms with van der Waals surface area (Å²) in [5, 5.41) is 2.89. The van der Waals surface area contributed by atoms with Crippen LogP contribution in [-0.4, -0.2) is 79.1 Å². The van der Waals surface area contributed by atoms with Crippen LogP contribution in [0, 0.1) is 0 Å². The number of piperazine rings is 1. The van der Waals surface area contributed by atoms with Crippen molar-refractivity contribution in [3.63, 3.8) is 0 Å². The van der Waals surface area contributed by atoms with Gasteiger partial charge >= 0.3 is 0 Å². The molecule has 9 heteroatoms. The Morgan fingerprint density at radius 2 is 1.79 bits per heavy atom. The lowest BCUT2D eigenvalue weighted by Crippen LogP contribution is -2.53. The lowest BCUT2D eigenvalue weighted by Gasteiger charge is -2.35. The summed E-state index contributed by atoms with van der Waals surface area (Å²) in [5.74, 6) is 0.113. The zero-order valence-electron chi connectivity index (χ0n) is 14.4. The monoisotopic (exact) mass is 384 g/mol. The van der Waals surface area contributed by atoms with E-state index in [4.69, 9.17) is 10.5 Å². The Labute approximate surface area is 156 Å². The van der Waals surface area contributed by atoms with Gasteiger partial charge in [-0.25, -0.2) is 0 Å². The largest absolute Gasteiger partial charge is 0.364 e. The van der Waals surface area contributed by atoms with Crippen molar-refractivity contribution in [2.24, 2.45) is 5.73 Å². The molecule has 0 unspecified atom stereocenters. The number of hydrogen-bond donors (Lipinski definition) is 2. The maximum Gasteiger partial charge on any atom is 0.251 e. The van der Waals surface area contributed by atoms with Gasteiger partial charge in [0, 0.05) is 38.8 Å². The van der Waals surface area contributed by atoms with Crippen LogP contribution in [0.5, 0.6) is 0 Å². The van der Waals surface area contributed by atoms with Gasteiger partial charge in [0.25, 0.3) is 5.91 Å². The number of nitrogens with one attached hydrogen (secondary N) is 1. The van der Waals surface area contributed by atoms with E-state index < -0.39 is 0 Å². The van der Waals surface area contributed by atoms with E-state index in [1.165, 1.54) is 0 Å². The molecule has 2 aliphatic heterocycles. The second-order valence-corrected chi connectivity index (χ2v) is 6.38. The number of amides is 2. The molecule has 2 saturated heterocycles. The minimum atomic E-state index is -0.329. The Balaban J connectivity index is 0.00000264. The summed E-state index contributed by atoms with van der Waals surface area (Å²) >= 11 is 0. The molecule has 0 aliphatic carbocycles. The van der Waals surface area contributed by atoms with E-state index in [-0.39, 0.29) is 54.9 Å². The second-order valence-electron chi connectivity index (χ2n) is 6.38. The standard InChI is InChI=1S/C15H28N4O3.2ClH/c1-11(2)17-14(20)10-18-5-7-19(8-6-18)15(21)13-4-3-12(9-16)22-13;;/h11-13H,3-10,16H2,1-2H3,(H,17,20);2*1H/t12-,13+;;/m1../s1. The summed E-state index contributed by atoms with van der Waals surface area (Å²) in [6, 6.07) is 0.158. The highest BCUT2D eigenvalue weighted by atomic mass is 35.5. The highest BCUT2D eigenvalue weighted by Crippen LogP contribution is 2.21. The van der Waals surface area contributed by atoms with E-state index in [9.17, 15) is 9.59 Å². The van der Waals surface area contributed by atoms with E-state index in [0.717, 1.165) is 25.9 Å². The average molecular weight is 385 g/mol. The number of hydrogen-bond acceptors (Lipinski definition) is 5. The first-order valence-corrected chi connectivity index (χ1v) is 8.15. The highest BCUT2D eigenvalue weighted by Gasteiger charge is 2.34. The van der Waals surface area contributed by atoms with E-state index in [0.29, 0.717) is 26.2 Å². The fourth-order valence-corrected chi connectivity index (χ4v) is 2.96. The van der Waals surface area contributed by atoms with Crippen molar-refractivity contribution >= 4 is 36.6 Å². The molecule has 2 amide bonds. The van der Waals surface area contributed by atoms with Crippen molar-refractivity contribution in [3.05, 3.63) is 0 Å². The second kappa shape index (κ2) is 11.1. The molecule has 0 bridgehead atoms. The third-order valence-corrected chi connectivity index (χ3v) is 4.15. The quantitative estimate of drug-likeness (QED) is 0.696. The van der Waals surface area contributed by atoms with Crippen molar-refractivity contribution in [2.75, 3.05) is 39.3 Å². The topological polar surface area (TPSA) is 87.9 Å². The number of nitrogens with two attached hydrogens (primary N) is 1. The lowest BCUT2D eigenvalue weighted by atomic mass is 10.1. The van der Waals surface area contributed by atoms with Gasteiger partial charge in [-0.1, -0.05) is 0 Å². The van der Waals surface area contributed by atoms with Crippen molar-refractivity contribution in [3.8, 4) is 0 Å². The zero-order chi connectivity index (χ0) is 16.1. The van der Waals surface area contributed by atoms with Crippen molar-refractivity contribution < 1.29 is 14.3 Å². The molecule has 0 aromatic heterocycles. The molecule has 0 spiro atoms. The summed E-state index contributed by atoms with van der Waals surface area (Å²) < 4.78 is 5.67. The molecule has 0 aromatic rings. The number of halogens is 2. The molecule has 142 valence electrons. The molecule has 2 fully saturated rings. The molecule has 2 atom stereocenters. The number of ether oxygens (including phenoxy) is 1. The summed E-state index contributed by atoms with van der Waals surface area (Å²) in [6.07, 6.45) is 1.32. The third kappa shape index (κ3) is 6.72. The van der Waals surface area contributed by atoms with Crippen LogP contribution in [0.25, 0.3) is 0 Å². The van der Waals surface area contributed by atoms with Crippen LogP contribution >= 0.6 is 24.8 Å². The van der Waals surface area contributed by atoms with E-state index in [1.807, 2.05) is 18.7 Å². The lowest BCUT2D eigenvalue weighted by molar-refractivity contribution is -0.144. The van der Waals surface area contributed by atoms with Gasteiger partial charge in [0.2, 0.25) is 5.91 Å². The van der Waals surface area contributed by atoms with Crippen molar-refractivity contribution in [1.29, 1.82) is 0 Å². The van der Waals surface area contributed by atoms with Crippen LogP contribution in [0.15, 0.2) is 0 Å². The van der Waals surface area contributed by atoms with E-state index in [1.54, 1.807) is 0 Å². The van der Waals surface area contributed by atoms with Gasteiger partial charge < -0.3 is 20.7 Å². The molecule has 24 heavy (non-hydrogen) atoms. The Morgan fingerprint density at radius 1 is 1.17 bits per heavy atom. The summed E-state index contributed by atoms with van der Waals surface area (Å²) in [7, 11) is 0. The SMILES string of the molecule is CC(C)NC(=O)CN1CCN(C(=O)[C@@H]2CC[C@H](CN)O2)CC1.Cl.Cl. The predicted octanol–water partition coefficient (Wildman–Crippen LogP) is 0.00510. The van der Waals surface area contributed by atoms with Crippen LogP contribution < -0.4 is 11.1 Å². The van der Waals surface area contributed by atoms with Crippen LogP contribution in [0.2, 0.25) is 0 Å². The van der Waals surface area contributed by atoms with Gasteiger partial charge in [0.15, 0.2) is 0 Å². The molecule has 0 radical (unpaired) electrons. The maximum atomic E-state index is 12.4. The zero-order valence-corrected chi connectivity index (χ0v) is 16.0. The first-order chi connectivity index (χ1) is 10.5. The average Bonchev–Trinajstić information content (AvgIpc) is 2.95. The van der Waals surface area contributed by atoms with Crippen molar-refractivity contribution in [1.82, 2.24) is 15.1 Å². The molecule has 0 aromatic carbocycles. The summed E-state index contributed by atoms with van der Waals surface area (Å²) in [5.41, 5.74) is 5.58. The maximum absolute atomic E-state index is 12.4. The van der Waals surface area contributed by atoms with Gasteiger partial charge in [0.05, 0.1) is 12.6 Å². The first kappa shape index (κ1) is 23.4. The molecule has 3 N–H and O–H groups in total. The Kier molecular flexibility index (Phi) is 10.8. The van der Waals surface area contributed by atoms with Gasteiger partial charge in [-0.3, -0.25) is 14.5 Å². The number of carbonyl (C=O) groups excluding carboxylic acids is 2. The van der Waals surface area contributed by atoms with E-state index in [2.05, 4.69) is 10.2 Å². The summed E-state index contributed by atoms with van der Waals surface area (Å²) in [6.45, 7) is 7.53. The van der Waals surface area contributed by atoms with Crippen molar-refractivity contribution in [2.45, 2.75) is 44.9 Å². The van der Waals surface area contributed by atoms with E-state index >= 15 is 0 Å². The molecule has 7 nitrogen and oxygen atoms in total. The van der Waals surface area contributed by atoms with Gasteiger partial charge in [-0.2, -0.15) is 0 Å². The fourth-order valence-electron chi connectivity index (χ4n) is 2.96. The molecule has 2 rings (SSSR count). The van der Waals surface area contributed by atoms with Gasteiger partial charge in [-0.15, -0.1) is 24.8 Å². The molecule has 0 saturated carbocycles. The predicted molar refractivity (Wildman–Crippen MR) is 97.7 cm³/mol. The minimum absolute atomic E-state index is 0. The number of carbonyl (C=O) groups is 2. The minimum Gasteiger partial charge on any atom is -0.364 e. The highest BCUT2D eigenvalue weighted by molar-refractivity contribution is 5.85. The van der Waals surface area contributed by atoms with Gasteiger partial charge in [0.1, 0.15) is 6.10 Å². The fraction of sp³-hybridized carbons (Fsp3) is 0.867. The first-order valence-electron chi connectivity index (χ1n) is 8.15. The number of rotatable bonds is 5. The molecular formula is C15H30Cl2N4O3. The van der Waals surface area contributed by atoms with Crippen LogP contribution in [0.1, 0.15) is 26.7 Å². The summed E-state index contributed by atoms with van der Waals surface area (Å²) in [4.78, 5) is 28.1. The smallest absolute Gasteiger partial charge is 0.251 e. The third-order valence-electron chi connectivity index (χ3n) is 4.15. The Morgan fingerprint density at radius 3 is 2.29 bits per heavy atom.